The summed E-state index contributed by atoms with van der Waals surface area (Å²) in [5.41, 5.74) is 0.00939. The van der Waals surface area contributed by atoms with Crippen LogP contribution in [0.4, 0.5) is 5.82 Å². The van der Waals surface area contributed by atoms with Crippen molar-refractivity contribution >= 4 is 12.0 Å². The van der Waals surface area contributed by atoms with Crippen LogP contribution in [0.25, 0.3) is 0 Å². The summed E-state index contributed by atoms with van der Waals surface area (Å²) >= 11 is 0. The van der Waals surface area contributed by atoms with E-state index in [1.54, 1.807) is 0 Å². The van der Waals surface area contributed by atoms with Crippen LogP contribution in [0.5, 0.6) is 0 Å². The van der Waals surface area contributed by atoms with E-state index in [2.05, 4.69) is 15.3 Å². The fourth-order valence-corrected chi connectivity index (χ4v) is 2.93. The first-order chi connectivity index (χ1) is 10.8. The topological polar surface area (TPSA) is 100 Å². The van der Waals surface area contributed by atoms with Crippen LogP contribution in [0.1, 0.15) is 37.1 Å². The van der Waals surface area contributed by atoms with Crippen molar-refractivity contribution in [3.05, 3.63) is 21.7 Å². The van der Waals surface area contributed by atoms with Crippen molar-refractivity contribution in [1.29, 1.82) is 5.41 Å². The molecular formula is C15H22N4O3. The van der Waals surface area contributed by atoms with Crippen LogP contribution in [-0.2, 0) is 15.9 Å². The molecule has 1 aromatic rings. The molecule has 7 nitrogen and oxygen atoms in total. The lowest BCUT2D eigenvalue weighted by molar-refractivity contribution is 0.0903. The minimum atomic E-state index is -0.271. The van der Waals surface area contributed by atoms with Gasteiger partial charge in [-0.15, -0.1) is 0 Å². The molecule has 0 bridgehead atoms. The number of hydrogen-bond acceptors (Lipinski definition) is 6. The van der Waals surface area contributed by atoms with Gasteiger partial charge in [0.15, 0.2) is 0 Å². The lowest BCUT2D eigenvalue weighted by Gasteiger charge is -2.24. The summed E-state index contributed by atoms with van der Waals surface area (Å²) in [6.07, 6.45) is 5.61. The van der Waals surface area contributed by atoms with Crippen molar-refractivity contribution in [2.75, 3.05) is 25.1 Å². The van der Waals surface area contributed by atoms with Gasteiger partial charge in [-0.25, -0.2) is 4.98 Å². The third kappa shape index (κ3) is 3.53. The number of aromatic amines is 1. The number of ether oxygens (including phenoxy) is 2. The SMILES string of the molecule is N=Cc1c(NC2CCOCC2)nc(CC2CCCO2)[nH]c1=O. The number of hydrogen-bond donors (Lipinski definition) is 3. The first-order valence-corrected chi connectivity index (χ1v) is 7.86. The zero-order valence-electron chi connectivity index (χ0n) is 12.6. The smallest absolute Gasteiger partial charge is 0.261 e. The quantitative estimate of drug-likeness (QED) is 0.707. The second-order valence-corrected chi connectivity index (χ2v) is 5.79. The van der Waals surface area contributed by atoms with E-state index in [1.807, 2.05) is 0 Å². The summed E-state index contributed by atoms with van der Waals surface area (Å²) in [6, 6.07) is 0.234. The molecule has 0 amide bonds. The van der Waals surface area contributed by atoms with Gasteiger partial charge in [0, 0.05) is 38.5 Å². The van der Waals surface area contributed by atoms with Gasteiger partial charge in [0.25, 0.3) is 5.56 Å². The molecule has 3 rings (SSSR count). The van der Waals surface area contributed by atoms with Crippen LogP contribution in [-0.4, -0.2) is 48.1 Å². The molecule has 0 radical (unpaired) electrons. The molecule has 0 aromatic carbocycles. The summed E-state index contributed by atoms with van der Waals surface area (Å²) in [5.74, 6) is 1.12. The molecule has 2 aliphatic rings. The summed E-state index contributed by atoms with van der Waals surface area (Å²) < 4.78 is 10.9. The Morgan fingerprint density at radius 3 is 2.82 bits per heavy atom. The van der Waals surface area contributed by atoms with E-state index < -0.39 is 0 Å². The van der Waals surface area contributed by atoms with E-state index >= 15 is 0 Å². The molecule has 120 valence electrons. The van der Waals surface area contributed by atoms with E-state index in [9.17, 15) is 4.79 Å². The molecule has 3 heterocycles. The van der Waals surface area contributed by atoms with Crippen molar-refractivity contribution < 1.29 is 9.47 Å². The molecule has 3 N–H and O–H groups in total. The molecule has 2 saturated heterocycles. The first kappa shape index (κ1) is 15.2. The Hall–Kier alpha value is -1.73. The average molecular weight is 306 g/mol. The Labute approximate surface area is 128 Å². The highest BCUT2D eigenvalue weighted by molar-refractivity contribution is 5.83. The molecular weight excluding hydrogens is 284 g/mol. The third-order valence-electron chi connectivity index (χ3n) is 4.16. The van der Waals surface area contributed by atoms with Crippen molar-refractivity contribution in [3.8, 4) is 0 Å². The van der Waals surface area contributed by atoms with Gasteiger partial charge in [0.1, 0.15) is 11.6 Å². The largest absolute Gasteiger partial charge is 0.381 e. The van der Waals surface area contributed by atoms with E-state index in [0.717, 1.165) is 38.5 Å². The molecule has 7 heteroatoms. The Balaban J connectivity index is 1.80. The molecule has 1 aromatic heterocycles. The van der Waals surface area contributed by atoms with Crippen LogP contribution in [0.3, 0.4) is 0 Å². The van der Waals surface area contributed by atoms with E-state index in [0.29, 0.717) is 31.3 Å². The van der Waals surface area contributed by atoms with Crippen LogP contribution in [0, 0.1) is 5.41 Å². The van der Waals surface area contributed by atoms with Gasteiger partial charge in [0.05, 0.1) is 11.7 Å². The van der Waals surface area contributed by atoms with Gasteiger partial charge in [-0.3, -0.25) is 4.79 Å². The maximum absolute atomic E-state index is 12.2. The lowest BCUT2D eigenvalue weighted by atomic mass is 10.1. The highest BCUT2D eigenvalue weighted by Gasteiger charge is 2.20. The highest BCUT2D eigenvalue weighted by Crippen LogP contribution is 2.18. The molecule has 0 spiro atoms. The number of nitrogens with zero attached hydrogens (tertiary/aromatic N) is 1. The van der Waals surface area contributed by atoms with Crippen LogP contribution in [0.2, 0.25) is 0 Å². The summed E-state index contributed by atoms with van der Waals surface area (Å²) in [4.78, 5) is 19.4. The molecule has 22 heavy (non-hydrogen) atoms. The minimum absolute atomic E-state index is 0.130. The number of nitrogens with one attached hydrogen (secondary N) is 3. The Morgan fingerprint density at radius 1 is 1.32 bits per heavy atom. The standard InChI is InChI=1S/C15H22N4O3/c16-9-12-14(17-10-3-6-21-7-4-10)18-13(19-15(12)20)8-11-2-1-5-22-11/h9-11,16H,1-8H2,(H2,17,18,19,20). The molecule has 2 aliphatic heterocycles. The highest BCUT2D eigenvalue weighted by atomic mass is 16.5. The maximum Gasteiger partial charge on any atom is 0.261 e. The van der Waals surface area contributed by atoms with Crippen LogP contribution in [0.15, 0.2) is 4.79 Å². The fraction of sp³-hybridized carbons (Fsp3) is 0.667. The van der Waals surface area contributed by atoms with E-state index in [4.69, 9.17) is 14.9 Å². The lowest BCUT2D eigenvalue weighted by Crippen LogP contribution is -2.31. The number of aromatic nitrogens is 2. The Kier molecular flexibility index (Phi) is 4.84. The summed E-state index contributed by atoms with van der Waals surface area (Å²) in [5, 5.41) is 10.8. The molecule has 2 fully saturated rings. The molecule has 1 atom stereocenters. The van der Waals surface area contributed by atoms with Gasteiger partial charge >= 0.3 is 0 Å². The number of rotatable bonds is 5. The van der Waals surface area contributed by atoms with Gasteiger partial charge < -0.3 is 25.2 Å². The number of H-pyrrole nitrogens is 1. The van der Waals surface area contributed by atoms with Crippen molar-refractivity contribution in [3.63, 3.8) is 0 Å². The normalized spacial score (nSPS) is 22.6. The second-order valence-electron chi connectivity index (χ2n) is 5.79. The Bertz CT molecular complexity index is 575. The van der Waals surface area contributed by atoms with E-state index in [1.165, 1.54) is 0 Å². The second kappa shape index (κ2) is 7.02. The molecule has 1 unspecified atom stereocenters. The predicted octanol–water partition coefficient (Wildman–Crippen LogP) is 1.08. The molecule has 0 saturated carbocycles. The summed E-state index contributed by atoms with van der Waals surface area (Å²) in [7, 11) is 0. The van der Waals surface area contributed by atoms with Crippen molar-refractivity contribution in [2.45, 2.75) is 44.2 Å². The maximum atomic E-state index is 12.2. The average Bonchev–Trinajstić information content (AvgIpc) is 3.01. The Morgan fingerprint density at radius 2 is 2.14 bits per heavy atom. The van der Waals surface area contributed by atoms with Gasteiger partial charge in [0.2, 0.25) is 0 Å². The summed E-state index contributed by atoms with van der Waals surface area (Å²) in [6.45, 7) is 2.20. The predicted molar refractivity (Wildman–Crippen MR) is 82.9 cm³/mol. The fourth-order valence-electron chi connectivity index (χ4n) is 2.93. The monoisotopic (exact) mass is 306 g/mol. The number of anilines is 1. The van der Waals surface area contributed by atoms with Gasteiger partial charge in [-0.1, -0.05) is 0 Å². The van der Waals surface area contributed by atoms with E-state index in [-0.39, 0.29) is 23.3 Å². The van der Waals surface area contributed by atoms with Crippen LogP contribution >= 0.6 is 0 Å². The first-order valence-electron chi connectivity index (χ1n) is 7.86. The zero-order valence-corrected chi connectivity index (χ0v) is 12.6. The third-order valence-corrected chi connectivity index (χ3v) is 4.16. The minimum Gasteiger partial charge on any atom is -0.381 e. The van der Waals surface area contributed by atoms with Crippen LogP contribution < -0.4 is 10.9 Å². The van der Waals surface area contributed by atoms with Crippen molar-refractivity contribution in [1.82, 2.24) is 9.97 Å². The zero-order chi connectivity index (χ0) is 15.4. The van der Waals surface area contributed by atoms with Gasteiger partial charge in [-0.05, 0) is 25.7 Å². The molecule has 0 aliphatic carbocycles. The van der Waals surface area contributed by atoms with Crippen molar-refractivity contribution in [2.24, 2.45) is 0 Å². The van der Waals surface area contributed by atoms with Gasteiger partial charge in [-0.2, -0.15) is 0 Å².